The van der Waals surface area contributed by atoms with Crippen molar-refractivity contribution in [2.24, 2.45) is 0 Å². The zero-order chi connectivity index (χ0) is 12.7. The number of nitrogens with zero attached hydrogens (tertiary/aromatic N) is 2. The summed E-state index contributed by atoms with van der Waals surface area (Å²) in [6.07, 6.45) is 0.770. The highest BCUT2D eigenvalue weighted by Crippen LogP contribution is 2.29. The predicted octanol–water partition coefficient (Wildman–Crippen LogP) is 2.94. The molecule has 92 valence electrons. The number of aromatic nitrogens is 2. The van der Waals surface area contributed by atoms with Crippen molar-refractivity contribution in [2.75, 3.05) is 5.73 Å². The van der Waals surface area contributed by atoms with Gasteiger partial charge in [-0.2, -0.15) is 4.98 Å². The summed E-state index contributed by atoms with van der Waals surface area (Å²) in [4.78, 5) is 8.46. The number of hydrogen-bond acceptors (Lipinski definition) is 5. The molecule has 3 rings (SSSR count). The molecule has 0 bridgehead atoms. The van der Waals surface area contributed by atoms with Crippen molar-refractivity contribution >= 4 is 17.1 Å². The third-order valence-corrected chi connectivity index (χ3v) is 2.81. The van der Waals surface area contributed by atoms with Gasteiger partial charge in [0.25, 0.3) is 6.01 Å². The molecule has 0 aliphatic carbocycles. The molecule has 1 aromatic carbocycles. The molecule has 2 N–H and O–H groups in total. The highest BCUT2D eigenvalue weighted by atomic mass is 16.4. The molecule has 0 radical (unpaired) electrons. The van der Waals surface area contributed by atoms with Gasteiger partial charge in [0.05, 0.1) is 5.69 Å². The number of oxazole rings is 2. The Morgan fingerprint density at radius 2 is 2.06 bits per heavy atom. The van der Waals surface area contributed by atoms with Gasteiger partial charge in [0.2, 0.25) is 0 Å². The second kappa shape index (κ2) is 3.87. The van der Waals surface area contributed by atoms with Gasteiger partial charge in [0, 0.05) is 12.5 Å². The molecule has 3 aromatic rings. The Balaban J connectivity index is 2.18. The van der Waals surface area contributed by atoms with Crippen LogP contribution < -0.4 is 5.73 Å². The van der Waals surface area contributed by atoms with Crippen molar-refractivity contribution < 1.29 is 8.83 Å². The van der Waals surface area contributed by atoms with Crippen LogP contribution in [0.4, 0.5) is 6.01 Å². The van der Waals surface area contributed by atoms with E-state index in [1.54, 1.807) is 0 Å². The minimum Gasteiger partial charge on any atom is -0.441 e. The minimum absolute atomic E-state index is 0.193. The van der Waals surface area contributed by atoms with Crippen LogP contribution in [0.3, 0.4) is 0 Å². The Morgan fingerprint density at radius 3 is 2.83 bits per heavy atom. The first kappa shape index (κ1) is 10.8. The van der Waals surface area contributed by atoms with Gasteiger partial charge in [0.15, 0.2) is 17.2 Å². The molecule has 0 unspecified atom stereocenters. The lowest BCUT2D eigenvalue weighted by Crippen LogP contribution is -1.86. The summed E-state index contributed by atoms with van der Waals surface area (Å²) in [5.74, 6) is 1.35. The van der Waals surface area contributed by atoms with E-state index in [1.807, 2.05) is 32.0 Å². The normalized spacial score (nSPS) is 11.2. The summed E-state index contributed by atoms with van der Waals surface area (Å²) in [5, 5.41) is 0. The van der Waals surface area contributed by atoms with Crippen LogP contribution >= 0.6 is 0 Å². The molecule has 0 spiro atoms. The third-order valence-electron chi connectivity index (χ3n) is 2.81. The van der Waals surface area contributed by atoms with E-state index in [1.165, 1.54) is 0 Å². The number of benzene rings is 1. The van der Waals surface area contributed by atoms with E-state index in [0.717, 1.165) is 28.8 Å². The lowest BCUT2D eigenvalue weighted by Gasteiger charge is -1.98. The smallest absolute Gasteiger partial charge is 0.292 e. The molecular formula is C13H13N3O2. The number of aryl methyl sites for hydroxylation is 2. The van der Waals surface area contributed by atoms with E-state index in [9.17, 15) is 0 Å². The van der Waals surface area contributed by atoms with Gasteiger partial charge in [0.1, 0.15) is 5.52 Å². The molecule has 18 heavy (non-hydrogen) atoms. The van der Waals surface area contributed by atoms with Crippen LogP contribution in [0.25, 0.3) is 22.4 Å². The molecule has 2 heterocycles. The molecule has 0 amide bonds. The van der Waals surface area contributed by atoms with Gasteiger partial charge < -0.3 is 14.6 Å². The standard InChI is InChI=1S/C13H13N3O2/c1-3-9-12(18-13(14)16-9)8-4-5-11-10(6-8)15-7(2)17-11/h4-6H,3H2,1-2H3,(H2,14,16). The van der Waals surface area contributed by atoms with Crippen molar-refractivity contribution in [2.45, 2.75) is 20.3 Å². The monoisotopic (exact) mass is 243 g/mol. The van der Waals surface area contributed by atoms with Gasteiger partial charge in [-0.1, -0.05) is 6.92 Å². The molecule has 2 aromatic heterocycles. The highest BCUT2D eigenvalue weighted by Gasteiger charge is 2.13. The van der Waals surface area contributed by atoms with Crippen LogP contribution in [0.15, 0.2) is 27.0 Å². The zero-order valence-electron chi connectivity index (χ0n) is 10.2. The molecule has 0 aliphatic rings. The maximum atomic E-state index is 5.60. The number of anilines is 1. The quantitative estimate of drug-likeness (QED) is 0.748. The van der Waals surface area contributed by atoms with Crippen LogP contribution in [0.1, 0.15) is 18.5 Å². The Kier molecular flexibility index (Phi) is 2.33. The van der Waals surface area contributed by atoms with E-state index >= 15 is 0 Å². The van der Waals surface area contributed by atoms with Gasteiger partial charge in [-0.25, -0.2) is 4.98 Å². The summed E-state index contributed by atoms with van der Waals surface area (Å²) >= 11 is 0. The molecule has 5 nitrogen and oxygen atoms in total. The third kappa shape index (κ3) is 1.64. The van der Waals surface area contributed by atoms with E-state index < -0.39 is 0 Å². The number of nitrogen functional groups attached to an aromatic ring is 1. The molecule has 0 saturated carbocycles. The molecule has 0 saturated heterocycles. The largest absolute Gasteiger partial charge is 0.441 e. The Labute approximate surface area is 104 Å². The van der Waals surface area contributed by atoms with Gasteiger partial charge in [-0.05, 0) is 24.6 Å². The molecular weight excluding hydrogens is 230 g/mol. The van der Waals surface area contributed by atoms with Crippen LogP contribution in [0.5, 0.6) is 0 Å². The summed E-state index contributed by atoms with van der Waals surface area (Å²) in [6.45, 7) is 3.84. The molecule has 0 aliphatic heterocycles. The first-order valence-corrected chi connectivity index (χ1v) is 5.80. The lowest BCUT2D eigenvalue weighted by atomic mass is 10.1. The van der Waals surface area contributed by atoms with Crippen molar-refractivity contribution in [1.29, 1.82) is 0 Å². The van der Waals surface area contributed by atoms with E-state index in [2.05, 4.69) is 9.97 Å². The van der Waals surface area contributed by atoms with Gasteiger partial charge in [-0.15, -0.1) is 0 Å². The van der Waals surface area contributed by atoms with Crippen molar-refractivity contribution in [3.8, 4) is 11.3 Å². The number of hydrogen-bond donors (Lipinski definition) is 1. The number of rotatable bonds is 2. The SMILES string of the molecule is CCc1nc(N)oc1-c1ccc2oc(C)nc2c1. The van der Waals surface area contributed by atoms with Crippen molar-refractivity contribution in [3.05, 3.63) is 29.8 Å². The van der Waals surface area contributed by atoms with E-state index in [0.29, 0.717) is 11.7 Å². The van der Waals surface area contributed by atoms with Crippen LogP contribution in [0, 0.1) is 6.92 Å². The lowest BCUT2D eigenvalue weighted by molar-refractivity contribution is 0.561. The average Bonchev–Trinajstić information content (AvgIpc) is 2.89. The average molecular weight is 243 g/mol. The first-order chi connectivity index (χ1) is 8.67. The van der Waals surface area contributed by atoms with E-state index in [-0.39, 0.29) is 6.01 Å². The number of fused-ring (bicyclic) bond motifs is 1. The fourth-order valence-electron chi connectivity index (χ4n) is 2.02. The van der Waals surface area contributed by atoms with Crippen molar-refractivity contribution in [1.82, 2.24) is 9.97 Å². The Morgan fingerprint density at radius 1 is 1.22 bits per heavy atom. The van der Waals surface area contributed by atoms with Gasteiger partial charge >= 0.3 is 0 Å². The summed E-state index contributed by atoms with van der Waals surface area (Å²) in [6, 6.07) is 5.91. The maximum absolute atomic E-state index is 5.60. The minimum atomic E-state index is 0.193. The second-order valence-electron chi connectivity index (χ2n) is 4.10. The summed E-state index contributed by atoms with van der Waals surface area (Å²) < 4.78 is 10.9. The zero-order valence-corrected chi connectivity index (χ0v) is 10.2. The number of nitrogens with two attached hydrogens (primary N) is 1. The van der Waals surface area contributed by atoms with Crippen LogP contribution in [-0.4, -0.2) is 9.97 Å². The molecule has 5 heteroatoms. The first-order valence-electron chi connectivity index (χ1n) is 5.80. The highest BCUT2D eigenvalue weighted by molar-refractivity contribution is 5.79. The second-order valence-corrected chi connectivity index (χ2v) is 4.10. The fraction of sp³-hybridized carbons (Fsp3) is 0.231. The maximum Gasteiger partial charge on any atom is 0.292 e. The van der Waals surface area contributed by atoms with Crippen molar-refractivity contribution in [3.63, 3.8) is 0 Å². The van der Waals surface area contributed by atoms with Crippen LogP contribution in [-0.2, 0) is 6.42 Å². The topological polar surface area (TPSA) is 78.1 Å². The molecule has 0 atom stereocenters. The summed E-state index contributed by atoms with van der Waals surface area (Å²) in [7, 11) is 0. The Bertz CT molecular complexity index is 712. The molecule has 0 fully saturated rings. The fourth-order valence-corrected chi connectivity index (χ4v) is 2.02. The van der Waals surface area contributed by atoms with Crippen LogP contribution in [0.2, 0.25) is 0 Å². The van der Waals surface area contributed by atoms with Gasteiger partial charge in [-0.3, -0.25) is 0 Å². The Hall–Kier alpha value is -2.30. The summed E-state index contributed by atoms with van der Waals surface area (Å²) in [5.41, 5.74) is 8.94. The van der Waals surface area contributed by atoms with E-state index in [4.69, 9.17) is 14.6 Å². The predicted molar refractivity (Wildman–Crippen MR) is 68.0 cm³/mol.